The van der Waals surface area contributed by atoms with Gasteiger partial charge in [-0.05, 0) is 30.3 Å². The predicted molar refractivity (Wildman–Crippen MR) is 84.2 cm³/mol. The minimum absolute atomic E-state index is 0.213. The predicted octanol–water partition coefficient (Wildman–Crippen LogP) is 4.39. The number of aromatic nitrogens is 1. The number of rotatable bonds is 4. The quantitative estimate of drug-likeness (QED) is 0.749. The summed E-state index contributed by atoms with van der Waals surface area (Å²) in [6, 6.07) is 12.7. The van der Waals surface area contributed by atoms with E-state index in [1.54, 1.807) is 30.3 Å². The molecular weight excluding hydrogens is 303 g/mol. The molecule has 0 atom stereocenters. The molecule has 2 N–H and O–H groups in total. The Morgan fingerprint density at radius 3 is 2.77 bits per heavy atom. The summed E-state index contributed by atoms with van der Waals surface area (Å²) in [5, 5.41) is 14.5. The number of aromatic carboxylic acids is 1. The molecule has 0 spiro atoms. The third-order valence-corrected chi connectivity index (χ3v) is 3.74. The van der Waals surface area contributed by atoms with E-state index in [1.807, 2.05) is 5.38 Å². The van der Waals surface area contributed by atoms with Gasteiger partial charge in [0.2, 0.25) is 0 Å². The van der Waals surface area contributed by atoms with Crippen molar-refractivity contribution in [2.45, 2.75) is 0 Å². The summed E-state index contributed by atoms with van der Waals surface area (Å²) in [5.41, 5.74) is 2.22. The van der Waals surface area contributed by atoms with Crippen LogP contribution in [-0.4, -0.2) is 16.1 Å². The monoisotopic (exact) mass is 314 g/mol. The normalized spacial score (nSPS) is 10.4. The highest BCUT2D eigenvalue weighted by molar-refractivity contribution is 7.14. The van der Waals surface area contributed by atoms with Crippen LogP contribution < -0.4 is 5.32 Å². The molecule has 0 saturated carbocycles. The molecule has 110 valence electrons. The first-order valence-corrected chi connectivity index (χ1v) is 7.31. The molecule has 3 aromatic rings. The van der Waals surface area contributed by atoms with E-state index >= 15 is 0 Å². The van der Waals surface area contributed by atoms with Crippen LogP contribution in [0.5, 0.6) is 0 Å². The van der Waals surface area contributed by atoms with E-state index in [2.05, 4.69) is 10.3 Å². The fourth-order valence-corrected chi connectivity index (χ4v) is 2.70. The molecule has 22 heavy (non-hydrogen) atoms. The van der Waals surface area contributed by atoms with Crippen molar-refractivity contribution in [2.24, 2.45) is 0 Å². The number of thiazole rings is 1. The highest BCUT2D eigenvalue weighted by Gasteiger charge is 2.08. The number of nitrogens with zero attached hydrogens (tertiary/aromatic N) is 1. The number of carboxylic acids is 1. The van der Waals surface area contributed by atoms with Crippen LogP contribution in [0.15, 0.2) is 53.9 Å². The molecule has 1 aromatic heterocycles. The first kappa shape index (κ1) is 14.2. The molecule has 0 fully saturated rings. The second-order valence-corrected chi connectivity index (χ2v) is 5.42. The van der Waals surface area contributed by atoms with Crippen molar-refractivity contribution in [3.05, 3.63) is 65.3 Å². The molecule has 0 radical (unpaired) electrons. The number of halogens is 1. The summed E-state index contributed by atoms with van der Waals surface area (Å²) in [6.45, 7) is 0. The van der Waals surface area contributed by atoms with E-state index in [-0.39, 0.29) is 11.4 Å². The van der Waals surface area contributed by atoms with Crippen molar-refractivity contribution in [1.29, 1.82) is 0 Å². The molecule has 0 bridgehead atoms. The molecule has 2 aromatic carbocycles. The molecule has 0 aliphatic carbocycles. The van der Waals surface area contributed by atoms with Crippen LogP contribution in [0.3, 0.4) is 0 Å². The summed E-state index contributed by atoms with van der Waals surface area (Å²) in [5.74, 6) is -1.30. The van der Waals surface area contributed by atoms with Gasteiger partial charge in [-0.25, -0.2) is 14.2 Å². The summed E-state index contributed by atoms with van der Waals surface area (Å²) < 4.78 is 13.1. The van der Waals surface area contributed by atoms with Gasteiger partial charge in [0.15, 0.2) is 5.13 Å². The van der Waals surface area contributed by atoms with E-state index in [4.69, 9.17) is 5.11 Å². The van der Waals surface area contributed by atoms with E-state index in [9.17, 15) is 9.18 Å². The van der Waals surface area contributed by atoms with Crippen molar-refractivity contribution in [1.82, 2.24) is 4.98 Å². The molecule has 0 saturated heterocycles. The lowest BCUT2D eigenvalue weighted by Crippen LogP contribution is -1.95. The van der Waals surface area contributed by atoms with E-state index in [0.29, 0.717) is 16.5 Å². The lowest BCUT2D eigenvalue weighted by molar-refractivity contribution is 0.0697. The minimum atomic E-state index is -0.977. The van der Waals surface area contributed by atoms with Crippen LogP contribution >= 0.6 is 11.3 Å². The molecule has 0 unspecified atom stereocenters. The third kappa shape index (κ3) is 3.12. The van der Waals surface area contributed by atoms with Gasteiger partial charge in [0.1, 0.15) is 5.82 Å². The summed E-state index contributed by atoms with van der Waals surface area (Å²) >= 11 is 1.37. The SMILES string of the molecule is O=C(O)c1cccc(-c2csc(Nc3cccc(F)c3)n2)c1. The van der Waals surface area contributed by atoms with Crippen molar-refractivity contribution in [3.8, 4) is 11.3 Å². The Labute approximate surface area is 129 Å². The van der Waals surface area contributed by atoms with Gasteiger partial charge in [0.25, 0.3) is 0 Å². The maximum absolute atomic E-state index is 13.1. The largest absolute Gasteiger partial charge is 0.478 e. The average molecular weight is 314 g/mol. The van der Waals surface area contributed by atoms with Crippen LogP contribution in [0.2, 0.25) is 0 Å². The number of benzene rings is 2. The Kier molecular flexibility index (Phi) is 3.84. The zero-order chi connectivity index (χ0) is 15.5. The number of carboxylic acid groups (broad SMARTS) is 1. The molecule has 4 nitrogen and oxygen atoms in total. The van der Waals surface area contributed by atoms with Crippen LogP contribution in [0, 0.1) is 5.82 Å². The second-order valence-electron chi connectivity index (χ2n) is 4.56. The molecule has 3 rings (SSSR count). The minimum Gasteiger partial charge on any atom is -0.478 e. The lowest BCUT2D eigenvalue weighted by Gasteiger charge is -2.02. The van der Waals surface area contributed by atoms with Gasteiger partial charge in [-0.2, -0.15) is 0 Å². The Bertz CT molecular complexity index is 832. The average Bonchev–Trinajstić information content (AvgIpc) is 2.96. The van der Waals surface area contributed by atoms with Gasteiger partial charge in [0, 0.05) is 16.6 Å². The maximum Gasteiger partial charge on any atom is 0.335 e. The first-order chi connectivity index (χ1) is 10.6. The van der Waals surface area contributed by atoms with Gasteiger partial charge in [-0.3, -0.25) is 0 Å². The highest BCUT2D eigenvalue weighted by Crippen LogP contribution is 2.27. The fraction of sp³-hybridized carbons (Fsp3) is 0. The smallest absolute Gasteiger partial charge is 0.335 e. The highest BCUT2D eigenvalue weighted by atomic mass is 32.1. The molecule has 0 aliphatic rings. The molecular formula is C16H11FN2O2S. The number of hydrogen-bond donors (Lipinski definition) is 2. The zero-order valence-electron chi connectivity index (χ0n) is 11.3. The van der Waals surface area contributed by atoms with Crippen LogP contribution in [0.1, 0.15) is 10.4 Å². The molecule has 6 heteroatoms. The van der Waals surface area contributed by atoms with Gasteiger partial charge in [-0.15, -0.1) is 11.3 Å². The van der Waals surface area contributed by atoms with E-state index in [0.717, 1.165) is 5.56 Å². The maximum atomic E-state index is 13.1. The van der Waals surface area contributed by atoms with Crippen LogP contribution in [-0.2, 0) is 0 Å². The van der Waals surface area contributed by atoms with Gasteiger partial charge >= 0.3 is 5.97 Å². The van der Waals surface area contributed by atoms with Crippen LogP contribution in [0.25, 0.3) is 11.3 Å². The topological polar surface area (TPSA) is 62.2 Å². The molecule has 0 aliphatic heterocycles. The van der Waals surface area contributed by atoms with Crippen LogP contribution in [0.4, 0.5) is 15.2 Å². The van der Waals surface area contributed by atoms with Gasteiger partial charge in [-0.1, -0.05) is 18.2 Å². The fourth-order valence-electron chi connectivity index (χ4n) is 1.97. The third-order valence-electron chi connectivity index (χ3n) is 2.99. The number of anilines is 2. The molecule has 1 heterocycles. The van der Waals surface area contributed by atoms with Gasteiger partial charge < -0.3 is 10.4 Å². The summed E-state index contributed by atoms with van der Waals surface area (Å²) in [7, 11) is 0. The summed E-state index contributed by atoms with van der Waals surface area (Å²) in [4.78, 5) is 15.4. The molecule has 0 amide bonds. The van der Waals surface area contributed by atoms with E-state index in [1.165, 1.54) is 29.5 Å². The van der Waals surface area contributed by atoms with E-state index < -0.39 is 5.97 Å². The Hall–Kier alpha value is -2.73. The Morgan fingerprint density at radius 2 is 2.00 bits per heavy atom. The number of carbonyl (C=O) groups is 1. The number of hydrogen-bond acceptors (Lipinski definition) is 4. The van der Waals surface area contributed by atoms with Crippen molar-refractivity contribution >= 4 is 28.1 Å². The zero-order valence-corrected chi connectivity index (χ0v) is 12.1. The second kappa shape index (κ2) is 5.95. The number of nitrogens with one attached hydrogen (secondary N) is 1. The van der Waals surface area contributed by atoms with Crippen molar-refractivity contribution < 1.29 is 14.3 Å². The first-order valence-electron chi connectivity index (χ1n) is 6.44. The summed E-state index contributed by atoms with van der Waals surface area (Å²) in [6.07, 6.45) is 0. The van der Waals surface area contributed by atoms with Crippen molar-refractivity contribution in [3.63, 3.8) is 0 Å². The van der Waals surface area contributed by atoms with Gasteiger partial charge in [0.05, 0.1) is 11.3 Å². The Balaban J connectivity index is 1.84. The lowest BCUT2D eigenvalue weighted by atomic mass is 10.1. The standard InChI is InChI=1S/C16H11FN2O2S/c17-12-5-2-6-13(8-12)18-16-19-14(9-22-16)10-3-1-4-11(7-10)15(20)21/h1-9H,(H,18,19)(H,20,21). The van der Waals surface area contributed by atoms with Crippen molar-refractivity contribution in [2.75, 3.05) is 5.32 Å². The Morgan fingerprint density at radius 1 is 1.18 bits per heavy atom.